The van der Waals surface area contributed by atoms with E-state index in [2.05, 4.69) is 17.2 Å². The zero-order chi connectivity index (χ0) is 15.6. The number of hydrogen-bond donors (Lipinski definition) is 1. The number of furan rings is 1. The van der Waals surface area contributed by atoms with Gasteiger partial charge in [-0.05, 0) is 11.6 Å². The molecule has 0 amide bonds. The Morgan fingerprint density at radius 2 is 1.78 bits per heavy atom. The minimum atomic E-state index is 0.419. The molecule has 2 heterocycles. The van der Waals surface area contributed by atoms with Crippen molar-refractivity contribution in [3.05, 3.63) is 83.7 Å². The smallest absolute Gasteiger partial charge is 0.225 e. The van der Waals surface area contributed by atoms with Crippen molar-refractivity contribution in [2.45, 2.75) is 13.0 Å². The second-order valence-electron chi connectivity index (χ2n) is 5.53. The average Bonchev–Trinajstić information content (AvgIpc) is 3.19. The number of hydrogen-bond acceptors (Lipinski definition) is 3. The number of aromatic nitrogens is 2. The molecule has 0 bridgehead atoms. The molecule has 0 unspecified atom stereocenters. The fraction of sp³-hybridized carbons (Fsp3) is 0.105. The van der Waals surface area contributed by atoms with Crippen LogP contribution in [0.1, 0.15) is 16.7 Å². The topological polar surface area (TPSA) is 57.0 Å². The summed E-state index contributed by atoms with van der Waals surface area (Å²) >= 11 is 0. The molecule has 0 saturated heterocycles. The van der Waals surface area contributed by atoms with E-state index in [1.165, 1.54) is 5.56 Å². The van der Waals surface area contributed by atoms with Crippen LogP contribution in [-0.4, -0.2) is 9.78 Å². The summed E-state index contributed by atoms with van der Waals surface area (Å²) in [6, 6.07) is 18.4. The van der Waals surface area contributed by atoms with E-state index in [0.717, 1.165) is 28.5 Å². The normalized spacial score (nSPS) is 11.2. The first-order valence-corrected chi connectivity index (χ1v) is 7.63. The second-order valence-corrected chi connectivity index (χ2v) is 5.53. The van der Waals surface area contributed by atoms with Crippen LogP contribution >= 0.6 is 0 Å². The predicted molar refractivity (Wildman–Crippen MR) is 90.5 cm³/mol. The zero-order valence-electron chi connectivity index (χ0n) is 12.6. The van der Waals surface area contributed by atoms with Crippen molar-refractivity contribution in [3.63, 3.8) is 0 Å². The molecule has 2 aromatic heterocycles. The first kappa shape index (κ1) is 13.8. The molecular formula is C19H17N3O. The lowest BCUT2D eigenvalue weighted by atomic mass is 10.0. The van der Waals surface area contributed by atoms with Crippen LogP contribution in [0.2, 0.25) is 0 Å². The van der Waals surface area contributed by atoms with Gasteiger partial charge in [-0.1, -0.05) is 48.5 Å². The third kappa shape index (κ3) is 2.43. The number of para-hydroxylation sites is 1. The molecule has 4 heteroatoms. The summed E-state index contributed by atoms with van der Waals surface area (Å²) in [5.74, 6) is 0.708. The molecule has 23 heavy (non-hydrogen) atoms. The van der Waals surface area contributed by atoms with Crippen LogP contribution < -0.4 is 5.73 Å². The molecule has 4 aromatic rings. The SMILES string of the molecule is NCc1c(Cc2ccccc2)coc1-n1ncc2ccccc21. The molecule has 0 spiro atoms. The van der Waals surface area contributed by atoms with Gasteiger partial charge in [0.15, 0.2) is 0 Å². The van der Waals surface area contributed by atoms with Gasteiger partial charge in [0.05, 0.1) is 18.0 Å². The van der Waals surface area contributed by atoms with Crippen LogP contribution in [0.15, 0.2) is 71.5 Å². The maximum atomic E-state index is 6.00. The Morgan fingerprint density at radius 1 is 1.00 bits per heavy atom. The summed E-state index contributed by atoms with van der Waals surface area (Å²) in [4.78, 5) is 0. The van der Waals surface area contributed by atoms with E-state index in [1.54, 1.807) is 6.26 Å². The fourth-order valence-corrected chi connectivity index (χ4v) is 2.90. The maximum absolute atomic E-state index is 6.00. The highest BCUT2D eigenvalue weighted by Gasteiger charge is 2.16. The van der Waals surface area contributed by atoms with Crippen molar-refractivity contribution in [1.29, 1.82) is 0 Å². The van der Waals surface area contributed by atoms with Crippen molar-refractivity contribution in [3.8, 4) is 5.88 Å². The van der Waals surface area contributed by atoms with E-state index in [9.17, 15) is 0 Å². The number of rotatable bonds is 4. The van der Waals surface area contributed by atoms with Crippen molar-refractivity contribution < 1.29 is 4.42 Å². The van der Waals surface area contributed by atoms with Gasteiger partial charge in [0.25, 0.3) is 0 Å². The van der Waals surface area contributed by atoms with Crippen LogP contribution in [0.4, 0.5) is 0 Å². The molecule has 0 atom stereocenters. The van der Waals surface area contributed by atoms with Crippen molar-refractivity contribution in [1.82, 2.24) is 9.78 Å². The second kappa shape index (κ2) is 5.74. The lowest BCUT2D eigenvalue weighted by molar-refractivity contribution is 0.522. The van der Waals surface area contributed by atoms with Gasteiger partial charge in [0.2, 0.25) is 5.88 Å². The van der Waals surface area contributed by atoms with Crippen LogP contribution in [-0.2, 0) is 13.0 Å². The molecule has 0 aliphatic carbocycles. The average molecular weight is 303 g/mol. The van der Waals surface area contributed by atoms with Crippen molar-refractivity contribution >= 4 is 10.9 Å². The standard InChI is InChI=1S/C19H17N3O/c20-11-17-16(10-14-6-2-1-3-7-14)13-23-19(17)22-18-9-5-4-8-15(18)12-21-22/h1-9,12-13H,10-11,20H2. The van der Waals surface area contributed by atoms with Gasteiger partial charge in [0, 0.05) is 29.5 Å². The fourth-order valence-electron chi connectivity index (χ4n) is 2.90. The highest BCUT2D eigenvalue weighted by Crippen LogP contribution is 2.26. The zero-order valence-corrected chi connectivity index (χ0v) is 12.6. The Labute approximate surface area is 134 Å². The largest absolute Gasteiger partial charge is 0.446 e. The molecule has 2 aromatic carbocycles. The Hall–Kier alpha value is -2.85. The first-order valence-electron chi connectivity index (χ1n) is 7.63. The molecule has 0 saturated carbocycles. The summed E-state index contributed by atoms with van der Waals surface area (Å²) < 4.78 is 7.66. The summed E-state index contributed by atoms with van der Waals surface area (Å²) in [6.07, 6.45) is 4.44. The quantitative estimate of drug-likeness (QED) is 0.626. The Bertz CT molecular complexity index is 938. The Morgan fingerprint density at radius 3 is 2.61 bits per heavy atom. The molecule has 0 aliphatic heterocycles. The Kier molecular flexibility index (Phi) is 3.44. The van der Waals surface area contributed by atoms with Gasteiger partial charge < -0.3 is 10.2 Å². The van der Waals surface area contributed by atoms with E-state index in [1.807, 2.05) is 53.3 Å². The monoisotopic (exact) mass is 303 g/mol. The van der Waals surface area contributed by atoms with Crippen LogP contribution in [0.25, 0.3) is 16.8 Å². The minimum Gasteiger partial charge on any atom is -0.446 e. The van der Waals surface area contributed by atoms with E-state index in [4.69, 9.17) is 10.2 Å². The molecule has 0 fully saturated rings. The number of nitrogens with two attached hydrogens (primary N) is 1. The molecular weight excluding hydrogens is 286 g/mol. The molecule has 2 N–H and O–H groups in total. The van der Waals surface area contributed by atoms with Gasteiger partial charge in [-0.15, -0.1) is 0 Å². The molecule has 114 valence electrons. The van der Waals surface area contributed by atoms with E-state index >= 15 is 0 Å². The molecule has 0 radical (unpaired) electrons. The highest BCUT2D eigenvalue weighted by molar-refractivity contribution is 5.79. The van der Waals surface area contributed by atoms with Crippen LogP contribution in [0.5, 0.6) is 0 Å². The van der Waals surface area contributed by atoms with Gasteiger partial charge in [-0.2, -0.15) is 9.78 Å². The summed E-state index contributed by atoms with van der Waals surface area (Å²) in [6.45, 7) is 0.419. The van der Waals surface area contributed by atoms with E-state index in [0.29, 0.717) is 12.4 Å². The van der Waals surface area contributed by atoms with E-state index < -0.39 is 0 Å². The minimum absolute atomic E-state index is 0.419. The van der Waals surface area contributed by atoms with Crippen LogP contribution in [0, 0.1) is 0 Å². The molecule has 4 rings (SSSR count). The Balaban J connectivity index is 1.78. The molecule has 0 aliphatic rings. The van der Waals surface area contributed by atoms with Gasteiger partial charge in [-0.25, -0.2) is 0 Å². The van der Waals surface area contributed by atoms with Crippen molar-refractivity contribution in [2.75, 3.05) is 0 Å². The summed E-state index contributed by atoms with van der Waals surface area (Å²) in [7, 11) is 0. The third-order valence-corrected chi connectivity index (χ3v) is 4.07. The van der Waals surface area contributed by atoms with E-state index in [-0.39, 0.29) is 0 Å². The lowest BCUT2D eigenvalue weighted by Gasteiger charge is -2.05. The first-order chi connectivity index (χ1) is 11.4. The summed E-state index contributed by atoms with van der Waals surface area (Å²) in [5, 5.41) is 5.54. The third-order valence-electron chi connectivity index (χ3n) is 4.07. The number of fused-ring (bicyclic) bond motifs is 1. The summed E-state index contributed by atoms with van der Waals surface area (Å²) in [5.41, 5.74) is 10.4. The van der Waals surface area contributed by atoms with Crippen LogP contribution in [0.3, 0.4) is 0 Å². The lowest BCUT2D eigenvalue weighted by Crippen LogP contribution is -2.05. The van der Waals surface area contributed by atoms with Gasteiger partial charge in [-0.3, -0.25) is 0 Å². The van der Waals surface area contributed by atoms with Crippen molar-refractivity contribution in [2.24, 2.45) is 5.73 Å². The maximum Gasteiger partial charge on any atom is 0.225 e. The van der Waals surface area contributed by atoms with Gasteiger partial charge in [0.1, 0.15) is 0 Å². The highest BCUT2D eigenvalue weighted by atomic mass is 16.3. The number of benzene rings is 2. The van der Waals surface area contributed by atoms with Gasteiger partial charge >= 0.3 is 0 Å². The predicted octanol–water partition coefficient (Wildman–Crippen LogP) is 3.67. The number of nitrogens with zero attached hydrogens (tertiary/aromatic N) is 2. The molecule has 4 nitrogen and oxygen atoms in total.